The van der Waals surface area contributed by atoms with Crippen molar-refractivity contribution in [2.75, 3.05) is 7.11 Å². The lowest BCUT2D eigenvalue weighted by Crippen LogP contribution is -2.29. The Balaban J connectivity index is 1.60. The van der Waals surface area contributed by atoms with E-state index in [2.05, 4.69) is 5.32 Å². The molecule has 37 heavy (non-hydrogen) atoms. The van der Waals surface area contributed by atoms with Gasteiger partial charge in [-0.25, -0.2) is 4.39 Å². The molecule has 4 aromatic carbocycles. The number of aromatic nitrogens is 1. The molecule has 0 bridgehead atoms. The Morgan fingerprint density at radius 3 is 2.03 bits per heavy atom. The first-order valence-electron chi connectivity index (χ1n) is 12.1. The lowest BCUT2D eigenvalue weighted by atomic mass is 9.98. The molecule has 0 unspecified atom stereocenters. The summed E-state index contributed by atoms with van der Waals surface area (Å²) in [5.74, 6) is 0.199. The molecule has 0 aliphatic carbocycles. The van der Waals surface area contributed by atoms with Gasteiger partial charge in [-0.2, -0.15) is 0 Å². The minimum atomic E-state index is -0.317. The molecule has 1 heterocycles. The third-order valence-corrected chi connectivity index (χ3v) is 6.48. The number of methoxy groups -OCH3 is 1. The topological polar surface area (TPSA) is 43.3 Å². The minimum Gasteiger partial charge on any atom is -0.497 e. The van der Waals surface area contributed by atoms with Crippen LogP contribution in [0, 0.1) is 12.7 Å². The number of halogens is 1. The Kier molecular flexibility index (Phi) is 6.86. The van der Waals surface area contributed by atoms with Crippen LogP contribution < -0.4 is 10.1 Å². The fourth-order valence-corrected chi connectivity index (χ4v) is 4.61. The van der Waals surface area contributed by atoms with Crippen molar-refractivity contribution in [3.8, 4) is 22.7 Å². The lowest BCUT2D eigenvalue weighted by Gasteiger charge is -2.20. The van der Waals surface area contributed by atoms with Crippen LogP contribution in [0.5, 0.6) is 5.75 Å². The Morgan fingerprint density at radius 1 is 0.811 bits per heavy atom. The SMILES string of the molecule is COc1cccc(-c2cc(C(=O)NC(c3ccccc3)c3ccccc3)c(C)n2-c2ccc(F)cc2)c1. The Labute approximate surface area is 216 Å². The maximum atomic E-state index is 13.8. The second-order valence-corrected chi connectivity index (χ2v) is 8.80. The zero-order valence-electron chi connectivity index (χ0n) is 20.7. The minimum absolute atomic E-state index is 0.194. The van der Waals surface area contributed by atoms with Crippen molar-refractivity contribution in [1.82, 2.24) is 9.88 Å². The summed E-state index contributed by atoms with van der Waals surface area (Å²) in [5.41, 5.74) is 5.73. The van der Waals surface area contributed by atoms with E-state index in [0.29, 0.717) is 11.3 Å². The van der Waals surface area contributed by atoms with Crippen LogP contribution in [0.1, 0.15) is 33.2 Å². The van der Waals surface area contributed by atoms with Gasteiger partial charge in [0.15, 0.2) is 0 Å². The fraction of sp³-hybridized carbons (Fsp3) is 0.0938. The summed E-state index contributed by atoms with van der Waals surface area (Å²) in [4.78, 5) is 13.8. The second-order valence-electron chi connectivity index (χ2n) is 8.80. The first-order valence-corrected chi connectivity index (χ1v) is 12.1. The van der Waals surface area contributed by atoms with Crippen LogP contribution in [0.25, 0.3) is 16.9 Å². The van der Waals surface area contributed by atoms with Crippen LogP contribution in [0.3, 0.4) is 0 Å². The molecule has 0 saturated heterocycles. The average Bonchev–Trinajstić information content (AvgIpc) is 3.30. The van der Waals surface area contributed by atoms with Gasteiger partial charge < -0.3 is 14.6 Å². The van der Waals surface area contributed by atoms with Gasteiger partial charge in [0.2, 0.25) is 0 Å². The van der Waals surface area contributed by atoms with Gasteiger partial charge in [-0.15, -0.1) is 0 Å². The van der Waals surface area contributed by atoms with Crippen molar-refractivity contribution in [2.45, 2.75) is 13.0 Å². The molecule has 0 aliphatic rings. The number of nitrogens with one attached hydrogen (secondary N) is 1. The van der Waals surface area contributed by atoms with Crippen molar-refractivity contribution in [3.63, 3.8) is 0 Å². The van der Waals surface area contributed by atoms with Crippen LogP contribution in [0.4, 0.5) is 4.39 Å². The van der Waals surface area contributed by atoms with E-state index >= 15 is 0 Å². The number of amides is 1. The first-order chi connectivity index (χ1) is 18.0. The summed E-state index contributed by atoms with van der Waals surface area (Å²) in [6.07, 6.45) is 0. The maximum absolute atomic E-state index is 13.8. The maximum Gasteiger partial charge on any atom is 0.253 e. The monoisotopic (exact) mass is 490 g/mol. The molecule has 5 heteroatoms. The molecule has 0 spiro atoms. The van der Waals surface area contributed by atoms with E-state index in [1.165, 1.54) is 12.1 Å². The quantitative estimate of drug-likeness (QED) is 0.264. The van der Waals surface area contributed by atoms with E-state index in [9.17, 15) is 9.18 Å². The molecule has 0 saturated carbocycles. The van der Waals surface area contributed by atoms with Crippen molar-refractivity contribution >= 4 is 5.91 Å². The number of hydrogen-bond acceptors (Lipinski definition) is 2. The molecule has 0 radical (unpaired) electrons. The number of benzene rings is 4. The number of nitrogens with zero attached hydrogens (tertiary/aromatic N) is 1. The molecule has 5 rings (SSSR count). The summed E-state index contributed by atoms with van der Waals surface area (Å²) in [5, 5.41) is 3.24. The summed E-state index contributed by atoms with van der Waals surface area (Å²) < 4.78 is 21.1. The lowest BCUT2D eigenvalue weighted by molar-refractivity contribution is 0.0942. The number of hydrogen-bond donors (Lipinski definition) is 1. The number of ether oxygens (including phenoxy) is 1. The van der Waals surface area contributed by atoms with Gasteiger partial charge in [0.25, 0.3) is 5.91 Å². The summed E-state index contributed by atoms with van der Waals surface area (Å²) in [7, 11) is 1.62. The molecular formula is C32H27FN2O2. The van der Waals surface area contributed by atoms with E-state index in [1.54, 1.807) is 19.2 Å². The van der Waals surface area contributed by atoms with E-state index in [-0.39, 0.29) is 17.8 Å². The molecule has 184 valence electrons. The largest absolute Gasteiger partial charge is 0.497 e. The standard InChI is InChI=1S/C32H27FN2O2/c1-22-29(32(36)34-31(23-10-5-3-6-11-23)24-12-7-4-8-13-24)21-30(25-14-9-15-28(20-25)37-2)35(22)27-18-16-26(33)17-19-27/h3-21,31H,1-2H3,(H,34,36). The van der Waals surface area contributed by atoms with Crippen molar-refractivity contribution < 1.29 is 13.9 Å². The highest BCUT2D eigenvalue weighted by molar-refractivity contribution is 5.98. The third kappa shape index (κ3) is 5.02. The summed E-state index contributed by atoms with van der Waals surface area (Å²) >= 11 is 0. The van der Waals surface area contributed by atoms with Gasteiger partial charge in [0.05, 0.1) is 24.4 Å². The van der Waals surface area contributed by atoms with Gasteiger partial charge in [-0.05, 0) is 60.5 Å². The van der Waals surface area contributed by atoms with Gasteiger partial charge in [-0.3, -0.25) is 4.79 Å². The fourth-order valence-electron chi connectivity index (χ4n) is 4.61. The third-order valence-electron chi connectivity index (χ3n) is 6.48. The predicted molar refractivity (Wildman–Crippen MR) is 145 cm³/mol. The van der Waals surface area contributed by atoms with E-state index < -0.39 is 0 Å². The summed E-state index contributed by atoms with van der Waals surface area (Å²) in [6, 6.07) is 35.3. The van der Waals surface area contributed by atoms with Crippen LogP contribution in [0.2, 0.25) is 0 Å². The van der Waals surface area contributed by atoms with Crippen molar-refractivity contribution in [1.29, 1.82) is 0 Å². The molecule has 5 aromatic rings. The molecule has 4 nitrogen and oxygen atoms in total. The Morgan fingerprint density at radius 2 is 1.43 bits per heavy atom. The Hall–Kier alpha value is -4.64. The number of carbonyl (C=O) groups excluding carboxylic acids is 1. The number of rotatable bonds is 7. The second kappa shape index (κ2) is 10.5. The van der Waals surface area contributed by atoms with Gasteiger partial charge in [-0.1, -0.05) is 72.8 Å². The molecule has 1 N–H and O–H groups in total. The average molecular weight is 491 g/mol. The molecule has 1 amide bonds. The van der Waals surface area contributed by atoms with Crippen molar-refractivity contribution in [3.05, 3.63) is 143 Å². The van der Waals surface area contributed by atoms with E-state index in [4.69, 9.17) is 4.74 Å². The zero-order chi connectivity index (χ0) is 25.8. The predicted octanol–water partition coefficient (Wildman–Crippen LogP) is 7.12. The first kappa shape index (κ1) is 24.1. The molecule has 0 atom stereocenters. The number of carbonyl (C=O) groups is 1. The molecule has 1 aromatic heterocycles. The van der Waals surface area contributed by atoms with Gasteiger partial charge in [0.1, 0.15) is 11.6 Å². The van der Waals surface area contributed by atoms with Crippen LogP contribution >= 0.6 is 0 Å². The molecular weight excluding hydrogens is 463 g/mol. The van der Waals surface area contributed by atoms with Gasteiger partial charge in [0, 0.05) is 16.9 Å². The smallest absolute Gasteiger partial charge is 0.253 e. The van der Waals surface area contributed by atoms with Gasteiger partial charge >= 0.3 is 0 Å². The van der Waals surface area contributed by atoms with Crippen molar-refractivity contribution in [2.24, 2.45) is 0 Å². The Bertz CT molecular complexity index is 1470. The highest BCUT2D eigenvalue weighted by atomic mass is 19.1. The zero-order valence-corrected chi connectivity index (χ0v) is 20.7. The highest BCUT2D eigenvalue weighted by Gasteiger charge is 2.23. The van der Waals surface area contributed by atoms with E-state index in [1.807, 2.05) is 102 Å². The summed E-state index contributed by atoms with van der Waals surface area (Å²) in [6.45, 7) is 1.90. The van der Waals surface area contributed by atoms with Crippen LogP contribution in [-0.4, -0.2) is 17.6 Å². The van der Waals surface area contributed by atoms with Crippen LogP contribution in [-0.2, 0) is 0 Å². The molecule has 0 aliphatic heterocycles. The van der Waals surface area contributed by atoms with Crippen LogP contribution in [0.15, 0.2) is 115 Å². The highest BCUT2D eigenvalue weighted by Crippen LogP contribution is 2.32. The molecule has 0 fully saturated rings. The normalized spacial score (nSPS) is 10.9. The van der Waals surface area contributed by atoms with E-state index in [0.717, 1.165) is 33.8 Å².